The van der Waals surface area contributed by atoms with Crippen molar-refractivity contribution in [3.8, 4) is 0 Å². The van der Waals surface area contributed by atoms with Crippen LogP contribution in [0.5, 0.6) is 0 Å². The van der Waals surface area contributed by atoms with E-state index in [2.05, 4.69) is 22.1 Å². The molecule has 0 amide bonds. The van der Waals surface area contributed by atoms with Gasteiger partial charge in [-0.25, -0.2) is 0 Å². The van der Waals surface area contributed by atoms with Gasteiger partial charge in [-0.05, 0) is 42.9 Å². The van der Waals surface area contributed by atoms with Gasteiger partial charge in [-0.1, -0.05) is 49.6 Å². The highest BCUT2D eigenvalue weighted by Gasteiger charge is 2.18. The molecule has 0 aromatic heterocycles. The zero-order chi connectivity index (χ0) is 20.1. The van der Waals surface area contributed by atoms with E-state index in [0.717, 1.165) is 11.6 Å². The van der Waals surface area contributed by atoms with E-state index in [1.54, 1.807) is 6.92 Å². The summed E-state index contributed by atoms with van der Waals surface area (Å²) in [6, 6.07) is 12.9. The molecular formula is C20H23N3O4S. The fourth-order valence-corrected chi connectivity index (χ4v) is 4.34. The Balaban J connectivity index is 1.72. The van der Waals surface area contributed by atoms with Crippen molar-refractivity contribution in [3.05, 3.63) is 69.8 Å². The van der Waals surface area contributed by atoms with Gasteiger partial charge in [0.15, 0.2) is 0 Å². The van der Waals surface area contributed by atoms with Crippen LogP contribution in [0.3, 0.4) is 0 Å². The Kier molecular flexibility index (Phi) is 6.08. The van der Waals surface area contributed by atoms with Crippen molar-refractivity contribution < 1.29 is 13.3 Å². The minimum atomic E-state index is -3.99. The molecule has 0 unspecified atom stereocenters. The quantitative estimate of drug-likeness (QED) is 0.442. The highest BCUT2D eigenvalue weighted by molar-refractivity contribution is 7.89. The molecule has 0 aliphatic heterocycles. The van der Waals surface area contributed by atoms with Crippen LogP contribution < -0.4 is 4.83 Å². The molecule has 0 spiro atoms. The second-order valence-corrected chi connectivity index (χ2v) is 8.66. The van der Waals surface area contributed by atoms with Gasteiger partial charge in [0, 0.05) is 12.1 Å². The third-order valence-corrected chi connectivity index (χ3v) is 6.28. The average molecular weight is 401 g/mol. The summed E-state index contributed by atoms with van der Waals surface area (Å²) in [7, 11) is -3.99. The van der Waals surface area contributed by atoms with Gasteiger partial charge >= 0.3 is 0 Å². The Hall–Kier alpha value is -2.74. The fourth-order valence-electron chi connectivity index (χ4n) is 3.44. The van der Waals surface area contributed by atoms with Gasteiger partial charge in [0.1, 0.15) is 0 Å². The molecule has 148 valence electrons. The number of nitrogens with zero attached hydrogens (tertiary/aromatic N) is 2. The predicted molar refractivity (Wildman–Crippen MR) is 108 cm³/mol. The molecule has 0 bridgehead atoms. The Morgan fingerprint density at radius 1 is 1.11 bits per heavy atom. The molecule has 1 aliphatic rings. The van der Waals surface area contributed by atoms with Crippen LogP contribution in [0.4, 0.5) is 5.69 Å². The van der Waals surface area contributed by atoms with Gasteiger partial charge in [-0.3, -0.25) is 10.1 Å². The van der Waals surface area contributed by atoms with Gasteiger partial charge in [-0.15, -0.1) is 0 Å². The monoisotopic (exact) mass is 401 g/mol. The molecule has 3 rings (SSSR count). The van der Waals surface area contributed by atoms with Crippen molar-refractivity contribution >= 4 is 21.4 Å². The summed E-state index contributed by atoms with van der Waals surface area (Å²) in [4.78, 5) is 12.2. The number of hydrogen-bond acceptors (Lipinski definition) is 5. The normalized spacial score (nSPS) is 16.0. The molecule has 1 fully saturated rings. The molecule has 0 atom stereocenters. The van der Waals surface area contributed by atoms with Gasteiger partial charge in [0.25, 0.3) is 15.7 Å². The van der Waals surface area contributed by atoms with Crippen LogP contribution in [0.2, 0.25) is 0 Å². The number of hydrazone groups is 1. The first-order valence-corrected chi connectivity index (χ1v) is 10.8. The first-order chi connectivity index (χ1) is 13.4. The number of benzene rings is 2. The molecule has 8 heteroatoms. The molecule has 0 heterocycles. The molecule has 1 saturated carbocycles. The minimum Gasteiger partial charge on any atom is -0.258 e. The second kappa shape index (κ2) is 8.52. The summed E-state index contributed by atoms with van der Waals surface area (Å²) in [5.41, 5.74) is 2.36. The van der Waals surface area contributed by atoms with Gasteiger partial charge in [0.2, 0.25) is 0 Å². The highest BCUT2D eigenvalue weighted by atomic mass is 32.2. The molecule has 1 N–H and O–H groups in total. The number of sulfonamides is 1. The predicted octanol–water partition coefficient (Wildman–Crippen LogP) is 4.35. The van der Waals surface area contributed by atoms with E-state index in [-0.39, 0.29) is 10.6 Å². The van der Waals surface area contributed by atoms with Crippen LogP contribution >= 0.6 is 0 Å². The van der Waals surface area contributed by atoms with Crippen LogP contribution in [0.25, 0.3) is 0 Å². The SMILES string of the molecule is CC(=NNS(=O)(=O)c1cccc([N+](=O)[O-])c1)c1ccc(C2CCCCC2)cc1. The Labute approximate surface area is 164 Å². The van der Waals surface area contributed by atoms with Gasteiger partial charge < -0.3 is 0 Å². The van der Waals surface area contributed by atoms with Crippen molar-refractivity contribution in [1.82, 2.24) is 4.83 Å². The van der Waals surface area contributed by atoms with Crippen molar-refractivity contribution in [1.29, 1.82) is 0 Å². The van der Waals surface area contributed by atoms with Crippen LogP contribution in [0, 0.1) is 10.1 Å². The Morgan fingerprint density at radius 2 is 1.79 bits per heavy atom. The number of rotatable bonds is 6. The van der Waals surface area contributed by atoms with Crippen molar-refractivity contribution in [2.45, 2.75) is 49.8 Å². The van der Waals surface area contributed by atoms with Crippen LogP contribution in [0.1, 0.15) is 56.1 Å². The summed E-state index contributed by atoms with van der Waals surface area (Å²) in [5.74, 6) is 0.604. The number of nitrogens with one attached hydrogen (secondary N) is 1. The maximum Gasteiger partial charge on any atom is 0.276 e. The molecule has 2 aromatic rings. The molecular weight excluding hydrogens is 378 g/mol. The number of non-ortho nitro benzene ring substituents is 1. The lowest BCUT2D eigenvalue weighted by molar-refractivity contribution is -0.385. The summed E-state index contributed by atoms with van der Waals surface area (Å²) >= 11 is 0. The van der Waals surface area contributed by atoms with Crippen LogP contribution in [-0.2, 0) is 10.0 Å². The van der Waals surface area contributed by atoms with Crippen LogP contribution in [-0.4, -0.2) is 19.1 Å². The van der Waals surface area contributed by atoms with Gasteiger partial charge in [-0.2, -0.15) is 18.4 Å². The molecule has 0 radical (unpaired) electrons. The lowest BCUT2D eigenvalue weighted by Gasteiger charge is -2.22. The fraction of sp³-hybridized carbons (Fsp3) is 0.350. The summed E-state index contributed by atoms with van der Waals surface area (Å²) < 4.78 is 24.7. The number of hydrogen-bond donors (Lipinski definition) is 1. The Bertz CT molecular complexity index is 979. The maximum absolute atomic E-state index is 12.4. The zero-order valence-electron chi connectivity index (χ0n) is 15.7. The molecule has 7 nitrogen and oxygen atoms in total. The van der Waals surface area contributed by atoms with Crippen molar-refractivity contribution in [2.24, 2.45) is 5.10 Å². The summed E-state index contributed by atoms with van der Waals surface area (Å²) in [5, 5.41) is 14.8. The van der Waals surface area contributed by atoms with E-state index in [4.69, 9.17) is 0 Å². The summed E-state index contributed by atoms with van der Waals surface area (Å²) in [6.45, 7) is 1.71. The Morgan fingerprint density at radius 3 is 2.43 bits per heavy atom. The molecule has 0 saturated heterocycles. The largest absolute Gasteiger partial charge is 0.276 e. The van der Waals surface area contributed by atoms with Crippen molar-refractivity contribution in [2.75, 3.05) is 0 Å². The second-order valence-electron chi connectivity index (χ2n) is 7.00. The third-order valence-electron chi connectivity index (χ3n) is 5.08. The standard InChI is InChI=1S/C20H23N3O4S/c1-15(16-10-12-18(13-11-16)17-6-3-2-4-7-17)21-22-28(26,27)20-9-5-8-19(14-20)23(24)25/h5,8-14,17,22H,2-4,6-7H2,1H3. The first kappa shape index (κ1) is 20.0. The smallest absolute Gasteiger partial charge is 0.258 e. The first-order valence-electron chi connectivity index (χ1n) is 9.28. The number of nitro groups is 1. The topological polar surface area (TPSA) is 102 Å². The summed E-state index contributed by atoms with van der Waals surface area (Å²) in [6.07, 6.45) is 6.29. The molecule has 28 heavy (non-hydrogen) atoms. The zero-order valence-corrected chi connectivity index (χ0v) is 16.5. The average Bonchev–Trinajstić information content (AvgIpc) is 2.73. The number of nitro benzene ring substituents is 1. The van der Waals surface area contributed by atoms with E-state index in [1.165, 1.54) is 55.9 Å². The van der Waals surface area contributed by atoms with E-state index in [9.17, 15) is 18.5 Å². The van der Waals surface area contributed by atoms with Gasteiger partial charge in [0.05, 0.1) is 15.5 Å². The highest BCUT2D eigenvalue weighted by Crippen LogP contribution is 2.32. The minimum absolute atomic E-state index is 0.203. The lowest BCUT2D eigenvalue weighted by Crippen LogP contribution is -2.20. The molecule has 1 aliphatic carbocycles. The van der Waals surface area contributed by atoms with E-state index < -0.39 is 14.9 Å². The van der Waals surface area contributed by atoms with Crippen LogP contribution in [0.15, 0.2) is 58.5 Å². The van der Waals surface area contributed by atoms with E-state index in [1.807, 2.05) is 12.1 Å². The van der Waals surface area contributed by atoms with Crippen molar-refractivity contribution in [3.63, 3.8) is 0 Å². The van der Waals surface area contributed by atoms with E-state index in [0.29, 0.717) is 11.6 Å². The lowest BCUT2D eigenvalue weighted by atomic mass is 9.84. The van der Waals surface area contributed by atoms with E-state index >= 15 is 0 Å². The molecule has 2 aromatic carbocycles. The maximum atomic E-state index is 12.4. The third kappa shape index (κ3) is 4.75.